The molecule has 2 heterocycles. The van der Waals surface area contributed by atoms with Gasteiger partial charge in [0.1, 0.15) is 0 Å². The highest BCUT2D eigenvalue weighted by Gasteiger charge is 2.36. The molecule has 3 nitrogen and oxygen atoms in total. The van der Waals surface area contributed by atoms with Gasteiger partial charge in [0.05, 0.1) is 19.1 Å². The lowest BCUT2D eigenvalue weighted by Gasteiger charge is -2.44. The second kappa shape index (κ2) is 5.16. The van der Waals surface area contributed by atoms with Crippen LogP contribution in [0, 0.1) is 0 Å². The quantitative estimate of drug-likeness (QED) is 0.785. The van der Waals surface area contributed by atoms with E-state index < -0.39 is 18.6 Å². The molecule has 0 bridgehead atoms. The first-order valence-electron chi connectivity index (χ1n) is 5.83. The average Bonchev–Trinajstić information content (AvgIpc) is 2.34. The number of fused-ring (bicyclic) bond motifs is 1. The number of alkyl halides is 3. The maximum Gasteiger partial charge on any atom is 0.390 e. The van der Waals surface area contributed by atoms with E-state index in [1.165, 1.54) is 6.08 Å². The van der Waals surface area contributed by atoms with E-state index >= 15 is 0 Å². The predicted octanol–water partition coefficient (Wildman–Crippen LogP) is 2.37. The Morgan fingerprint density at radius 3 is 2.94 bits per heavy atom. The Hall–Kier alpha value is -1.27. The molecule has 0 aromatic rings. The number of hydrogen-bond acceptors (Lipinski definition) is 3. The summed E-state index contributed by atoms with van der Waals surface area (Å²) in [5.41, 5.74) is 0.984. The van der Waals surface area contributed by atoms with Crippen molar-refractivity contribution in [3.05, 3.63) is 36.7 Å². The van der Waals surface area contributed by atoms with Crippen molar-refractivity contribution in [2.45, 2.75) is 25.1 Å². The monoisotopic (exact) mass is 259 g/mol. The van der Waals surface area contributed by atoms with Gasteiger partial charge < -0.3 is 0 Å². The van der Waals surface area contributed by atoms with Gasteiger partial charge in [-0.3, -0.25) is 10.3 Å². The first-order chi connectivity index (χ1) is 8.51. The summed E-state index contributed by atoms with van der Waals surface area (Å²) in [7, 11) is 0. The number of nitrogens with one attached hydrogen (secondary N) is 1. The maximum absolute atomic E-state index is 12.5. The Kier molecular flexibility index (Phi) is 3.77. The van der Waals surface area contributed by atoms with Crippen LogP contribution in [0.25, 0.3) is 0 Å². The van der Waals surface area contributed by atoms with Crippen molar-refractivity contribution in [2.75, 3.05) is 13.2 Å². The van der Waals surface area contributed by atoms with Gasteiger partial charge in [-0.2, -0.15) is 18.2 Å². The molecule has 2 aliphatic heterocycles. The van der Waals surface area contributed by atoms with Gasteiger partial charge >= 0.3 is 6.18 Å². The van der Waals surface area contributed by atoms with Crippen LogP contribution < -0.4 is 5.32 Å². The molecule has 0 radical (unpaired) electrons. The van der Waals surface area contributed by atoms with Crippen molar-refractivity contribution in [1.29, 1.82) is 0 Å². The molecule has 0 aromatic heterocycles. The molecule has 6 heteroatoms. The summed E-state index contributed by atoms with van der Waals surface area (Å²) in [4.78, 5) is 0. The third kappa shape index (κ3) is 2.94. The zero-order valence-electron chi connectivity index (χ0n) is 9.95. The van der Waals surface area contributed by atoms with E-state index in [1.807, 2.05) is 18.4 Å². The number of rotatable bonds is 3. The minimum Gasteiger partial charge on any atom is -0.297 e. The number of allylic oxidation sites excluding steroid dienone is 2. The maximum atomic E-state index is 12.5. The summed E-state index contributed by atoms with van der Waals surface area (Å²) >= 11 is 0. The summed E-state index contributed by atoms with van der Waals surface area (Å²) in [5, 5.41) is 6.54. The summed E-state index contributed by atoms with van der Waals surface area (Å²) in [6.45, 7) is 4.58. The van der Waals surface area contributed by atoms with E-state index in [0.717, 1.165) is 12.1 Å². The van der Waals surface area contributed by atoms with Gasteiger partial charge in [-0.05, 0) is 6.42 Å². The van der Waals surface area contributed by atoms with Crippen LogP contribution in [0.4, 0.5) is 13.2 Å². The average molecular weight is 259 g/mol. The van der Waals surface area contributed by atoms with Crippen LogP contribution in [0.3, 0.4) is 0 Å². The topological polar surface area (TPSA) is 18.5 Å². The molecule has 0 aromatic carbocycles. The van der Waals surface area contributed by atoms with Crippen molar-refractivity contribution in [2.24, 2.45) is 0 Å². The number of hydrogen-bond donors (Lipinski definition) is 1. The van der Waals surface area contributed by atoms with E-state index in [9.17, 15) is 13.2 Å². The fourth-order valence-electron chi connectivity index (χ4n) is 2.16. The van der Waals surface area contributed by atoms with E-state index in [0.29, 0.717) is 13.2 Å². The van der Waals surface area contributed by atoms with Crippen molar-refractivity contribution in [1.82, 2.24) is 15.3 Å². The SMILES string of the molecule is C=C[C@@H](CC(F)(F)F)N1CNCC2=CCC=CN21. The van der Waals surface area contributed by atoms with Gasteiger partial charge in [-0.15, -0.1) is 6.58 Å². The van der Waals surface area contributed by atoms with Gasteiger partial charge in [0, 0.05) is 18.4 Å². The lowest BCUT2D eigenvalue weighted by Crippen LogP contribution is -2.56. The molecule has 0 saturated carbocycles. The van der Waals surface area contributed by atoms with Crippen LogP contribution in [0.2, 0.25) is 0 Å². The molecule has 0 aliphatic carbocycles. The molecule has 2 aliphatic rings. The summed E-state index contributed by atoms with van der Waals surface area (Å²) in [5.74, 6) is 0. The van der Waals surface area contributed by atoms with E-state index in [1.54, 1.807) is 10.0 Å². The highest BCUT2D eigenvalue weighted by Crippen LogP contribution is 2.28. The summed E-state index contributed by atoms with van der Waals surface area (Å²) < 4.78 is 37.6. The molecule has 2 rings (SSSR count). The van der Waals surface area contributed by atoms with E-state index in [4.69, 9.17) is 0 Å². The number of hydrazine groups is 1. The minimum atomic E-state index is -4.19. The zero-order chi connectivity index (χ0) is 13.2. The summed E-state index contributed by atoms with van der Waals surface area (Å²) in [6.07, 6.45) is 2.83. The van der Waals surface area contributed by atoms with Gasteiger partial charge in [-0.1, -0.05) is 18.2 Å². The van der Waals surface area contributed by atoms with Crippen LogP contribution in [-0.4, -0.2) is 35.4 Å². The van der Waals surface area contributed by atoms with Gasteiger partial charge in [-0.25, -0.2) is 0 Å². The minimum absolute atomic E-state index is 0.383. The van der Waals surface area contributed by atoms with Crippen LogP contribution in [0.1, 0.15) is 12.8 Å². The van der Waals surface area contributed by atoms with Gasteiger partial charge in [0.25, 0.3) is 0 Å². The number of halogens is 3. The van der Waals surface area contributed by atoms with E-state index in [-0.39, 0.29) is 0 Å². The number of nitrogens with zero attached hydrogens (tertiary/aromatic N) is 2. The summed E-state index contributed by atoms with van der Waals surface area (Å²) in [6, 6.07) is -0.760. The van der Waals surface area contributed by atoms with Crippen molar-refractivity contribution < 1.29 is 13.2 Å². The second-order valence-corrected chi connectivity index (χ2v) is 4.31. The third-order valence-corrected chi connectivity index (χ3v) is 2.98. The Morgan fingerprint density at radius 2 is 2.28 bits per heavy atom. The third-order valence-electron chi connectivity index (χ3n) is 2.98. The molecule has 0 amide bonds. The Balaban J connectivity index is 2.14. The standard InChI is InChI=1S/C12H16F3N3/c1-2-10(7-12(13,14)15)18-9-16-8-11-5-3-4-6-17(11)18/h2,4-6,10,16H,1,3,7-9H2/t10-/m0/s1. The van der Waals surface area contributed by atoms with Crippen molar-refractivity contribution in [3.63, 3.8) is 0 Å². The van der Waals surface area contributed by atoms with Crippen molar-refractivity contribution >= 4 is 0 Å². The second-order valence-electron chi connectivity index (χ2n) is 4.31. The van der Waals surface area contributed by atoms with Crippen LogP contribution in [-0.2, 0) is 0 Å². The lowest BCUT2D eigenvalue weighted by atomic mass is 10.1. The first-order valence-corrected chi connectivity index (χ1v) is 5.83. The van der Waals surface area contributed by atoms with Crippen LogP contribution in [0.5, 0.6) is 0 Å². The highest BCUT2D eigenvalue weighted by molar-refractivity contribution is 5.15. The Labute approximate surface area is 104 Å². The van der Waals surface area contributed by atoms with E-state index in [2.05, 4.69) is 11.9 Å². The zero-order valence-corrected chi connectivity index (χ0v) is 9.95. The molecule has 18 heavy (non-hydrogen) atoms. The fourth-order valence-corrected chi connectivity index (χ4v) is 2.16. The van der Waals surface area contributed by atoms with Crippen LogP contribution in [0.15, 0.2) is 36.7 Å². The lowest BCUT2D eigenvalue weighted by molar-refractivity contribution is -0.155. The van der Waals surface area contributed by atoms with Gasteiger partial charge in [0.2, 0.25) is 0 Å². The largest absolute Gasteiger partial charge is 0.390 e. The molecule has 1 fully saturated rings. The molecule has 1 saturated heterocycles. The normalized spacial score (nSPS) is 22.4. The molecule has 0 unspecified atom stereocenters. The first kappa shape index (κ1) is 13.2. The van der Waals surface area contributed by atoms with Crippen molar-refractivity contribution in [3.8, 4) is 0 Å². The molecular formula is C12H16F3N3. The predicted molar refractivity (Wildman–Crippen MR) is 63.0 cm³/mol. The molecule has 100 valence electrons. The molecular weight excluding hydrogens is 243 g/mol. The fraction of sp³-hybridized carbons (Fsp3) is 0.500. The van der Waals surface area contributed by atoms with Gasteiger partial charge in [0.15, 0.2) is 0 Å². The Bertz CT molecular complexity index is 373. The smallest absolute Gasteiger partial charge is 0.297 e. The molecule has 1 atom stereocenters. The highest BCUT2D eigenvalue weighted by atomic mass is 19.4. The Morgan fingerprint density at radius 1 is 1.50 bits per heavy atom. The van der Waals surface area contributed by atoms with Crippen LogP contribution >= 0.6 is 0 Å². The molecule has 1 N–H and O–H groups in total. The molecule has 0 spiro atoms.